The van der Waals surface area contributed by atoms with Crippen LogP contribution in [0.15, 0.2) is 24.3 Å². The van der Waals surface area contributed by atoms with E-state index in [1.165, 1.54) is 25.0 Å². The van der Waals surface area contributed by atoms with Gasteiger partial charge in [-0.3, -0.25) is 4.90 Å². The highest BCUT2D eigenvalue weighted by atomic mass is 19.1. The Balaban J connectivity index is 2.14. The molecule has 1 fully saturated rings. The van der Waals surface area contributed by atoms with Crippen LogP contribution in [-0.2, 0) is 0 Å². The zero-order valence-electron chi connectivity index (χ0n) is 8.69. The number of hydrogen-bond donors (Lipinski definition) is 1. The van der Waals surface area contributed by atoms with Crippen LogP contribution in [0, 0.1) is 5.82 Å². The smallest absolute Gasteiger partial charge is 0.123 e. The number of aliphatic hydroxyl groups excluding tert-OH is 1. The van der Waals surface area contributed by atoms with Crippen LogP contribution < -0.4 is 0 Å². The zero-order chi connectivity index (χ0) is 10.7. The van der Waals surface area contributed by atoms with Crippen molar-refractivity contribution in [1.82, 2.24) is 4.90 Å². The first-order valence-corrected chi connectivity index (χ1v) is 5.41. The lowest BCUT2D eigenvalue weighted by Gasteiger charge is -2.25. The number of likely N-dealkylation sites (tertiary alicyclic amines) is 1. The van der Waals surface area contributed by atoms with Crippen molar-refractivity contribution in [1.29, 1.82) is 0 Å². The summed E-state index contributed by atoms with van der Waals surface area (Å²) in [5, 5.41) is 9.37. The number of benzene rings is 1. The Morgan fingerprint density at radius 1 is 1.20 bits per heavy atom. The maximum atomic E-state index is 12.8. The van der Waals surface area contributed by atoms with Crippen molar-refractivity contribution < 1.29 is 9.50 Å². The fraction of sp³-hybridized carbons (Fsp3) is 0.500. The van der Waals surface area contributed by atoms with E-state index < -0.39 is 0 Å². The number of aliphatic hydroxyl groups is 1. The highest BCUT2D eigenvalue weighted by Crippen LogP contribution is 2.24. The van der Waals surface area contributed by atoms with Gasteiger partial charge < -0.3 is 5.11 Å². The fourth-order valence-corrected chi connectivity index (χ4v) is 2.17. The minimum Gasteiger partial charge on any atom is -0.394 e. The van der Waals surface area contributed by atoms with E-state index in [1.807, 2.05) is 0 Å². The molecule has 3 heteroatoms. The van der Waals surface area contributed by atoms with Gasteiger partial charge in [-0.05, 0) is 43.6 Å². The lowest BCUT2D eigenvalue weighted by Crippen LogP contribution is -2.28. The van der Waals surface area contributed by atoms with E-state index in [-0.39, 0.29) is 18.5 Å². The summed E-state index contributed by atoms with van der Waals surface area (Å²) in [6, 6.07) is 6.46. The Kier molecular flexibility index (Phi) is 3.34. The molecule has 1 N–H and O–H groups in total. The standard InChI is InChI=1S/C12H16FNO/c13-11-5-3-10(4-6-11)12(9-15)14-7-1-2-8-14/h3-6,12,15H,1-2,7-9H2/t12-/m1/s1. The van der Waals surface area contributed by atoms with Gasteiger partial charge in [0.2, 0.25) is 0 Å². The van der Waals surface area contributed by atoms with Gasteiger partial charge in [-0.1, -0.05) is 12.1 Å². The molecule has 1 atom stereocenters. The van der Waals surface area contributed by atoms with E-state index in [1.54, 1.807) is 12.1 Å². The molecule has 0 unspecified atom stereocenters. The van der Waals surface area contributed by atoms with Crippen LogP contribution >= 0.6 is 0 Å². The highest BCUT2D eigenvalue weighted by Gasteiger charge is 2.22. The maximum absolute atomic E-state index is 12.8. The molecule has 0 spiro atoms. The SMILES string of the molecule is OC[C@H](c1ccc(F)cc1)N1CCCC1. The summed E-state index contributed by atoms with van der Waals surface area (Å²) in [4.78, 5) is 2.26. The Labute approximate surface area is 89.3 Å². The molecule has 2 nitrogen and oxygen atoms in total. The van der Waals surface area contributed by atoms with Gasteiger partial charge in [0.25, 0.3) is 0 Å². The monoisotopic (exact) mass is 209 g/mol. The Morgan fingerprint density at radius 2 is 1.80 bits per heavy atom. The largest absolute Gasteiger partial charge is 0.394 e. The van der Waals surface area contributed by atoms with E-state index in [2.05, 4.69) is 4.90 Å². The summed E-state index contributed by atoms with van der Waals surface area (Å²) in [5.74, 6) is -0.225. The summed E-state index contributed by atoms with van der Waals surface area (Å²) in [5.41, 5.74) is 1.00. The zero-order valence-corrected chi connectivity index (χ0v) is 8.69. The average molecular weight is 209 g/mol. The summed E-state index contributed by atoms with van der Waals surface area (Å²) in [6.07, 6.45) is 2.38. The minimum absolute atomic E-state index is 0.0353. The Morgan fingerprint density at radius 3 is 2.33 bits per heavy atom. The third kappa shape index (κ3) is 2.36. The fourth-order valence-electron chi connectivity index (χ4n) is 2.17. The summed E-state index contributed by atoms with van der Waals surface area (Å²) >= 11 is 0. The lowest BCUT2D eigenvalue weighted by molar-refractivity contribution is 0.147. The molecule has 0 aromatic heterocycles. The summed E-state index contributed by atoms with van der Waals surface area (Å²) < 4.78 is 12.8. The molecule has 0 amide bonds. The minimum atomic E-state index is -0.225. The first-order valence-electron chi connectivity index (χ1n) is 5.41. The predicted molar refractivity (Wildman–Crippen MR) is 57.0 cm³/mol. The van der Waals surface area contributed by atoms with Crippen molar-refractivity contribution in [2.75, 3.05) is 19.7 Å². The van der Waals surface area contributed by atoms with Gasteiger partial charge in [-0.15, -0.1) is 0 Å². The van der Waals surface area contributed by atoms with Crippen LogP contribution in [-0.4, -0.2) is 29.7 Å². The molecule has 15 heavy (non-hydrogen) atoms. The quantitative estimate of drug-likeness (QED) is 0.822. The molecule has 2 rings (SSSR count). The van der Waals surface area contributed by atoms with Crippen LogP contribution in [0.2, 0.25) is 0 Å². The number of nitrogens with zero attached hydrogens (tertiary/aromatic N) is 1. The maximum Gasteiger partial charge on any atom is 0.123 e. The molecule has 1 heterocycles. The molecule has 0 bridgehead atoms. The van der Waals surface area contributed by atoms with Crippen LogP contribution in [0.5, 0.6) is 0 Å². The van der Waals surface area contributed by atoms with Gasteiger partial charge in [-0.25, -0.2) is 4.39 Å². The second-order valence-corrected chi connectivity index (χ2v) is 3.99. The molecule has 0 aliphatic carbocycles. The van der Waals surface area contributed by atoms with E-state index in [4.69, 9.17) is 0 Å². The Bertz CT molecular complexity index is 306. The van der Waals surface area contributed by atoms with Gasteiger partial charge >= 0.3 is 0 Å². The summed E-state index contributed by atoms with van der Waals surface area (Å²) in [7, 11) is 0. The Hall–Kier alpha value is -0.930. The van der Waals surface area contributed by atoms with Crippen LogP contribution in [0.4, 0.5) is 4.39 Å². The van der Waals surface area contributed by atoms with E-state index in [9.17, 15) is 9.50 Å². The van der Waals surface area contributed by atoms with Crippen molar-refractivity contribution in [3.05, 3.63) is 35.6 Å². The molecular formula is C12H16FNO. The van der Waals surface area contributed by atoms with Gasteiger partial charge in [0.15, 0.2) is 0 Å². The highest BCUT2D eigenvalue weighted by molar-refractivity contribution is 5.20. The van der Waals surface area contributed by atoms with Gasteiger partial charge in [0, 0.05) is 0 Å². The van der Waals surface area contributed by atoms with Crippen molar-refractivity contribution in [3.63, 3.8) is 0 Å². The third-order valence-corrected chi connectivity index (χ3v) is 3.01. The van der Waals surface area contributed by atoms with Crippen molar-refractivity contribution in [2.24, 2.45) is 0 Å². The van der Waals surface area contributed by atoms with E-state index >= 15 is 0 Å². The van der Waals surface area contributed by atoms with E-state index in [0.29, 0.717) is 0 Å². The number of hydrogen-bond acceptors (Lipinski definition) is 2. The average Bonchev–Trinajstić information content (AvgIpc) is 2.75. The van der Waals surface area contributed by atoms with E-state index in [0.717, 1.165) is 18.7 Å². The molecular weight excluding hydrogens is 193 g/mol. The topological polar surface area (TPSA) is 23.5 Å². The molecule has 1 aliphatic heterocycles. The summed E-state index contributed by atoms with van der Waals surface area (Å²) in [6.45, 7) is 2.16. The normalized spacial score (nSPS) is 19.3. The first-order chi connectivity index (χ1) is 7.31. The van der Waals surface area contributed by atoms with Gasteiger partial charge in [0.1, 0.15) is 5.82 Å². The molecule has 0 saturated carbocycles. The van der Waals surface area contributed by atoms with Crippen molar-refractivity contribution in [3.8, 4) is 0 Å². The second-order valence-electron chi connectivity index (χ2n) is 3.99. The second kappa shape index (κ2) is 4.73. The van der Waals surface area contributed by atoms with Crippen molar-refractivity contribution in [2.45, 2.75) is 18.9 Å². The molecule has 1 aliphatic rings. The number of rotatable bonds is 3. The first kappa shape index (κ1) is 10.6. The van der Waals surface area contributed by atoms with Crippen LogP contribution in [0.1, 0.15) is 24.4 Å². The molecule has 1 aromatic carbocycles. The van der Waals surface area contributed by atoms with Gasteiger partial charge in [0.05, 0.1) is 12.6 Å². The van der Waals surface area contributed by atoms with Crippen LogP contribution in [0.3, 0.4) is 0 Å². The predicted octanol–water partition coefficient (Wildman–Crippen LogP) is 1.95. The van der Waals surface area contributed by atoms with Crippen LogP contribution in [0.25, 0.3) is 0 Å². The molecule has 82 valence electrons. The van der Waals surface area contributed by atoms with Gasteiger partial charge in [-0.2, -0.15) is 0 Å². The van der Waals surface area contributed by atoms with Crippen molar-refractivity contribution >= 4 is 0 Å². The lowest BCUT2D eigenvalue weighted by atomic mass is 10.1. The third-order valence-electron chi connectivity index (χ3n) is 3.01. The molecule has 0 radical (unpaired) electrons. The molecule has 1 saturated heterocycles. The number of halogens is 1. The molecule has 1 aromatic rings.